The molecule has 0 bridgehead atoms. The van der Waals surface area contributed by atoms with E-state index >= 15 is 0 Å². The molecule has 114 valence electrons. The van der Waals surface area contributed by atoms with Crippen molar-refractivity contribution >= 4 is 40.7 Å². The highest BCUT2D eigenvalue weighted by Gasteiger charge is 2.12. The van der Waals surface area contributed by atoms with Gasteiger partial charge in [-0.1, -0.05) is 11.9 Å². The van der Waals surface area contributed by atoms with Crippen molar-refractivity contribution in [3.05, 3.63) is 41.8 Å². The maximum absolute atomic E-state index is 6.08. The number of hydrogen-bond acceptors (Lipinski definition) is 5. The number of anilines is 1. The van der Waals surface area contributed by atoms with E-state index in [1.54, 1.807) is 23.9 Å². The van der Waals surface area contributed by atoms with Gasteiger partial charge in [-0.15, -0.1) is 0 Å². The van der Waals surface area contributed by atoms with Gasteiger partial charge in [-0.05, 0) is 18.2 Å². The van der Waals surface area contributed by atoms with E-state index in [1.807, 2.05) is 50.9 Å². The predicted octanol–water partition coefficient (Wildman–Crippen LogP) is 3.33. The Morgan fingerprint density at radius 3 is 2.68 bits per heavy atom. The van der Waals surface area contributed by atoms with Gasteiger partial charge in [0.2, 0.25) is 5.36 Å². The van der Waals surface area contributed by atoms with Gasteiger partial charge in [-0.25, -0.2) is 4.98 Å². The van der Waals surface area contributed by atoms with Crippen molar-refractivity contribution in [2.24, 2.45) is 0 Å². The van der Waals surface area contributed by atoms with Gasteiger partial charge in [-0.3, -0.25) is 0 Å². The summed E-state index contributed by atoms with van der Waals surface area (Å²) in [5.41, 5.74) is 3.64. The lowest BCUT2D eigenvalue weighted by Crippen LogP contribution is -2.19. The van der Waals surface area contributed by atoms with E-state index in [1.165, 1.54) is 0 Å². The lowest BCUT2D eigenvalue weighted by molar-refractivity contribution is 0.612. The van der Waals surface area contributed by atoms with E-state index < -0.39 is 0 Å². The van der Waals surface area contributed by atoms with Crippen molar-refractivity contribution in [1.82, 2.24) is 8.96 Å². The lowest BCUT2D eigenvalue weighted by atomic mass is 10.2. The maximum atomic E-state index is 6.08. The second kappa shape index (κ2) is 6.22. The first-order valence-electron chi connectivity index (χ1n) is 6.85. The van der Waals surface area contributed by atoms with Crippen LogP contribution in [0, 0.1) is 0 Å². The lowest BCUT2D eigenvalue weighted by Gasteiger charge is -2.15. The topological polar surface area (TPSA) is 32.3 Å². The SMILES string of the molecule is CSN(C)c1ccc2nc3cc/c(=[N+](/C)SC)cc-3oc2c1. The fraction of sp³-hybridized carbons (Fsp3) is 0.250. The van der Waals surface area contributed by atoms with Gasteiger partial charge < -0.3 is 8.72 Å². The Kier molecular flexibility index (Phi) is 4.31. The Balaban J connectivity index is 2.23. The van der Waals surface area contributed by atoms with Gasteiger partial charge in [0.25, 0.3) is 0 Å². The van der Waals surface area contributed by atoms with Crippen molar-refractivity contribution in [3.8, 4) is 11.5 Å². The molecule has 0 unspecified atom stereocenters. The van der Waals surface area contributed by atoms with E-state index in [-0.39, 0.29) is 0 Å². The molecule has 0 N–H and O–H groups in total. The fourth-order valence-electron chi connectivity index (χ4n) is 2.20. The monoisotopic (exact) mass is 332 g/mol. The number of benzene rings is 2. The zero-order valence-electron chi connectivity index (χ0n) is 13.0. The average Bonchev–Trinajstić information content (AvgIpc) is 2.57. The molecule has 0 fully saturated rings. The summed E-state index contributed by atoms with van der Waals surface area (Å²) in [4.78, 5) is 4.69. The number of hydrogen-bond donors (Lipinski definition) is 0. The van der Waals surface area contributed by atoms with Crippen LogP contribution < -0.4 is 13.6 Å². The Labute approximate surface area is 138 Å². The van der Waals surface area contributed by atoms with Gasteiger partial charge in [0.15, 0.2) is 23.3 Å². The van der Waals surface area contributed by atoms with Crippen molar-refractivity contribution in [2.45, 2.75) is 0 Å². The molecule has 1 heterocycles. The Bertz CT molecular complexity index is 860. The molecule has 1 aromatic rings. The van der Waals surface area contributed by atoms with Crippen LogP contribution in [0.1, 0.15) is 0 Å². The van der Waals surface area contributed by atoms with Crippen LogP contribution in [-0.4, -0.2) is 31.6 Å². The minimum atomic E-state index is 0.801. The standard InChI is InChI=1S/C16H18N3OS2/c1-18(21-3)11-5-7-13-15(9-11)20-16-10-12(19(2)22-4)6-8-14(16)17-13/h5-10H,1-4H3/q+1. The highest BCUT2D eigenvalue weighted by molar-refractivity contribution is 7.99. The number of rotatable bonds is 3. The van der Waals surface area contributed by atoms with Crippen molar-refractivity contribution in [1.29, 1.82) is 0 Å². The molecule has 1 aromatic carbocycles. The average molecular weight is 332 g/mol. The van der Waals surface area contributed by atoms with E-state index in [4.69, 9.17) is 4.42 Å². The number of fused-ring (bicyclic) bond motifs is 2. The van der Waals surface area contributed by atoms with Gasteiger partial charge in [-0.2, -0.15) is 3.98 Å². The first-order valence-corrected chi connectivity index (χ1v) is 9.22. The quantitative estimate of drug-likeness (QED) is 0.417. The van der Waals surface area contributed by atoms with Gasteiger partial charge >= 0.3 is 0 Å². The zero-order chi connectivity index (χ0) is 15.7. The van der Waals surface area contributed by atoms with E-state index in [9.17, 15) is 0 Å². The summed E-state index contributed by atoms with van der Waals surface area (Å²) >= 11 is 3.32. The van der Waals surface area contributed by atoms with Crippen molar-refractivity contribution in [2.75, 3.05) is 30.9 Å². The number of nitrogens with zero attached hydrogens (tertiary/aromatic N) is 3. The predicted molar refractivity (Wildman–Crippen MR) is 97.3 cm³/mol. The van der Waals surface area contributed by atoms with Crippen LogP contribution in [0.3, 0.4) is 0 Å². The molecule has 0 atom stereocenters. The third-order valence-electron chi connectivity index (χ3n) is 3.62. The zero-order valence-corrected chi connectivity index (χ0v) is 14.7. The third-order valence-corrected chi connectivity index (χ3v) is 5.14. The highest BCUT2D eigenvalue weighted by Crippen LogP contribution is 2.28. The fourth-order valence-corrected chi connectivity index (χ4v) is 2.85. The van der Waals surface area contributed by atoms with Gasteiger partial charge in [0.05, 0.1) is 11.8 Å². The van der Waals surface area contributed by atoms with Crippen LogP contribution in [0.4, 0.5) is 5.69 Å². The first-order chi connectivity index (χ1) is 10.6. The first kappa shape index (κ1) is 15.2. The minimum Gasteiger partial charge on any atom is -0.452 e. The van der Waals surface area contributed by atoms with Crippen LogP contribution in [-0.2, 0) is 0 Å². The van der Waals surface area contributed by atoms with Crippen LogP contribution in [0.15, 0.2) is 40.8 Å². The Hall–Kier alpha value is -1.66. The van der Waals surface area contributed by atoms with Crippen LogP contribution in [0.25, 0.3) is 22.6 Å². The molecular weight excluding hydrogens is 314 g/mol. The molecule has 3 rings (SSSR count). The van der Waals surface area contributed by atoms with Crippen LogP contribution in [0.5, 0.6) is 0 Å². The van der Waals surface area contributed by atoms with E-state index in [0.717, 1.165) is 33.6 Å². The molecule has 0 spiro atoms. The van der Waals surface area contributed by atoms with Crippen molar-refractivity contribution in [3.63, 3.8) is 0 Å². The second-order valence-electron chi connectivity index (χ2n) is 4.88. The van der Waals surface area contributed by atoms with E-state index in [2.05, 4.69) is 25.4 Å². The Morgan fingerprint density at radius 1 is 1.14 bits per heavy atom. The molecule has 1 aliphatic carbocycles. The van der Waals surface area contributed by atoms with Crippen LogP contribution >= 0.6 is 23.9 Å². The second-order valence-corrected chi connectivity index (χ2v) is 6.70. The molecule has 0 aromatic heterocycles. The summed E-state index contributed by atoms with van der Waals surface area (Å²) in [5, 5.41) is 1.10. The summed E-state index contributed by atoms with van der Waals surface area (Å²) in [6.45, 7) is 0. The van der Waals surface area contributed by atoms with E-state index in [0.29, 0.717) is 0 Å². The minimum absolute atomic E-state index is 0.801. The molecule has 0 saturated heterocycles. The summed E-state index contributed by atoms with van der Waals surface area (Å²) in [7, 11) is 4.07. The summed E-state index contributed by atoms with van der Waals surface area (Å²) in [6.07, 6.45) is 4.09. The van der Waals surface area contributed by atoms with Crippen molar-refractivity contribution < 1.29 is 4.42 Å². The maximum Gasteiger partial charge on any atom is 0.216 e. The largest absolute Gasteiger partial charge is 0.452 e. The normalized spacial score (nSPS) is 12.7. The molecule has 0 radical (unpaired) electrons. The molecule has 2 aliphatic rings. The molecular formula is C16H18N3OS2+. The molecule has 4 nitrogen and oxygen atoms in total. The van der Waals surface area contributed by atoms with Gasteiger partial charge in [0.1, 0.15) is 18.3 Å². The molecule has 1 aliphatic heterocycles. The number of aromatic nitrogens is 1. The third kappa shape index (κ3) is 2.80. The molecule has 0 saturated carbocycles. The Morgan fingerprint density at radius 2 is 1.95 bits per heavy atom. The van der Waals surface area contributed by atoms with Gasteiger partial charge in [0, 0.05) is 31.7 Å². The summed E-state index contributed by atoms with van der Waals surface area (Å²) in [6, 6.07) is 12.2. The molecule has 6 heteroatoms. The smallest absolute Gasteiger partial charge is 0.216 e. The molecule has 22 heavy (non-hydrogen) atoms. The van der Waals surface area contributed by atoms with Crippen LogP contribution in [0.2, 0.25) is 0 Å². The summed E-state index contributed by atoms with van der Waals surface area (Å²) in [5.74, 6) is 0.801. The highest BCUT2D eigenvalue weighted by atomic mass is 32.2. The summed E-state index contributed by atoms with van der Waals surface area (Å²) < 4.78 is 10.3. The molecule has 0 amide bonds.